The molecule has 0 fully saturated rings. The molecule has 0 saturated heterocycles. The summed E-state index contributed by atoms with van der Waals surface area (Å²) in [6.45, 7) is 0. The van der Waals surface area contributed by atoms with E-state index in [1.807, 2.05) is 0 Å². The summed E-state index contributed by atoms with van der Waals surface area (Å²) in [6, 6.07) is 8.16. The van der Waals surface area contributed by atoms with E-state index in [-0.39, 0.29) is 16.3 Å². The zero-order valence-corrected chi connectivity index (χ0v) is 13.2. The maximum Gasteiger partial charge on any atom is 0.260 e. The van der Waals surface area contributed by atoms with Crippen LogP contribution in [-0.2, 0) is 0 Å². The molecular formula is C16H11F2N3O2S. The number of nitrogens with one attached hydrogen (secondary N) is 1. The highest BCUT2D eigenvalue weighted by Gasteiger charge is 2.15. The number of anilines is 1. The largest absolute Gasteiger partial charge is 0.497 e. The molecule has 0 saturated carbocycles. The van der Waals surface area contributed by atoms with Crippen molar-refractivity contribution in [3.63, 3.8) is 0 Å². The molecule has 1 N–H and O–H groups in total. The molecule has 8 heteroatoms. The Morgan fingerprint density at radius 3 is 2.62 bits per heavy atom. The number of carbonyl (C=O) groups is 1. The summed E-state index contributed by atoms with van der Waals surface area (Å²) in [5.41, 5.74) is 1.82. The number of hydrogen-bond donors (Lipinski definition) is 1. The molecule has 24 heavy (non-hydrogen) atoms. The Hall–Kier alpha value is -2.87. The van der Waals surface area contributed by atoms with Crippen LogP contribution in [0.4, 0.5) is 13.9 Å². The Bertz CT molecular complexity index is 885. The predicted molar refractivity (Wildman–Crippen MR) is 86.2 cm³/mol. The van der Waals surface area contributed by atoms with Gasteiger partial charge in [0.15, 0.2) is 0 Å². The lowest BCUT2D eigenvalue weighted by molar-refractivity contribution is 0.102. The number of halogens is 2. The minimum absolute atomic E-state index is 0.164. The number of aromatic nitrogens is 2. The maximum absolute atomic E-state index is 14.3. The summed E-state index contributed by atoms with van der Waals surface area (Å²) in [7, 11) is 1.43. The van der Waals surface area contributed by atoms with Gasteiger partial charge in [0.2, 0.25) is 5.13 Å². The van der Waals surface area contributed by atoms with Gasteiger partial charge in [0.05, 0.1) is 12.7 Å². The van der Waals surface area contributed by atoms with Crippen molar-refractivity contribution in [1.82, 2.24) is 10.2 Å². The number of carbonyl (C=O) groups excluding carboxylic acids is 1. The molecule has 122 valence electrons. The molecule has 0 unspecified atom stereocenters. The van der Waals surface area contributed by atoms with Crippen LogP contribution >= 0.6 is 11.3 Å². The van der Waals surface area contributed by atoms with Gasteiger partial charge in [-0.15, -0.1) is 10.2 Å². The molecule has 0 bridgehead atoms. The van der Waals surface area contributed by atoms with Crippen molar-refractivity contribution in [2.75, 3.05) is 12.4 Å². The third-order valence-electron chi connectivity index (χ3n) is 3.28. The van der Waals surface area contributed by atoms with Gasteiger partial charge in [0, 0.05) is 11.6 Å². The standard InChI is InChI=1S/C16H11F2N3O2S/c1-23-10-3-5-11(14(18)7-10)9-2-4-12(13(17)6-9)15(22)20-16-21-19-8-24-16/h2-8H,1H3,(H,20,21,22). The second kappa shape index (κ2) is 6.71. The van der Waals surface area contributed by atoms with Crippen molar-refractivity contribution in [3.05, 3.63) is 59.1 Å². The Kier molecular flexibility index (Phi) is 4.48. The van der Waals surface area contributed by atoms with Crippen molar-refractivity contribution < 1.29 is 18.3 Å². The van der Waals surface area contributed by atoms with E-state index in [4.69, 9.17) is 4.74 Å². The highest BCUT2D eigenvalue weighted by molar-refractivity contribution is 7.13. The minimum Gasteiger partial charge on any atom is -0.497 e. The number of amides is 1. The van der Waals surface area contributed by atoms with Gasteiger partial charge >= 0.3 is 0 Å². The summed E-state index contributed by atoms with van der Waals surface area (Å²) in [6.07, 6.45) is 0. The molecule has 0 atom stereocenters. The highest BCUT2D eigenvalue weighted by atomic mass is 32.1. The SMILES string of the molecule is COc1ccc(-c2ccc(C(=O)Nc3nncs3)c(F)c2)c(F)c1. The molecule has 5 nitrogen and oxygen atoms in total. The van der Waals surface area contributed by atoms with Crippen LogP contribution in [0.2, 0.25) is 0 Å². The van der Waals surface area contributed by atoms with Crippen LogP contribution in [-0.4, -0.2) is 23.2 Å². The molecule has 0 aliphatic carbocycles. The third-order valence-corrected chi connectivity index (χ3v) is 3.89. The minimum atomic E-state index is -0.760. The van der Waals surface area contributed by atoms with Crippen LogP contribution < -0.4 is 10.1 Å². The summed E-state index contributed by atoms with van der Waals surface area (Å²) in [5.74, 6) is -1.58. The van der Waals surface area contributed by atoms with E-state index < -0.39 is 17.5 Å². The molecule has 0 spiro atoms. The van der Waals surface area contributed by atoms with Crippen LogP contribution in [0.3, 0.4) is 0 Å². The van der Waals surface area contributed by atoms with E-state index in [0.29, 0.717) is 11.3 Å². The monoisotopic (exact) mass is 347 g/mol. The summed E-state index contributed by atoms with van der Waals surface area (Å²) in [4.78, 5) is 12.0. The number of rotatable bonds is 4. The van der Waals surface area contributed by atoms with Gasteiger partial charge in [0.1, 0.15) is 22.9 Å². The van der Waals surface area contributed by atoms with Gasteiger partial charge in [-0.05, 0) is 29.8 Å². The van der Waals surface area contributed by atoms with E-state index in [1.54, 1.807) is 6.07 Å². The van der Waals surface area contributed by atoms with Gasteiger partial charge < -0.3 is 4.74 Å². The van der Waals surface area contributed by atoms with E-state index in [9.17, 15) is 13.6 Å². The molecular weight excluding hydrogens is 336 g/mol. The van der Waals surface area contributed by atoms with E-state index >= 15 is 0 Å². The molecule has 0 aliphatic rings. The Morgan fingerprint density at radius 1 is 1.17 bits per heavy atom. The Morgan fingerprint density at radius 2 is 2.00 bits per heavy atom. The summed E-state index contributed by atoms with van der Waals surface area (Å²) < 4.78 is 33.3. The molecule has 2 aromatic carbocycles. The summed E-state index contributed by atoms with van der Waals surface area (Å²) in [5, 5.41) is 9.94. The molecule has 1 heterocycles. The van der Waals surface area contributed by atoms with Crippen molar-refractivity contribution in [2.24, 2.45) is 0 Å². The van der Waals surface area contributed by atoms with Crippen molar-refractivity contribution in [3.8, 4) is 16.9 Å². The van der Waals surface area contributed by atoms with Gasteiger partial charge in [-0.25, -0.2) is 8.78 Å². The number of ether oxygens (including phenoxy) is 1. The Balaban J connectivity index is 1.88. The Labute approximate surface area is 139 Å². The lowest BCUT2D eigenvalue weighted by Gasteiger charge is -2.08. The lowest BCUT2D eigenvalue weighted by Crippen LogP contribution is -2.13. The lowest BCUT2D eigenvalue weighted by atomic mass is 10.0. The molecule has 1 amide bonds. The summed E-state index contributed by atoms with van der Waals surface area (Å²) >= 11 is 1.12. The number of nitrogens with zero attached hydrogens (tertiary/aromatic N) is 2. The van der Waals surface area contributed by atoms with Crippen LogP contribution in [0.1, 0.15) is 10.4 Å². The first kappa shape index (κ1) is 16.0. The normalized spacial score (nSPS) is 10.5. The van der Waals surface area contributed by atoms with Gasteiger partial charge in [-0.1, -0.05) is 17.4 Å². The average Bonchev–Trinajstić information content (AvgIpc) is 3.07. The van der Waals surface area contributed by atoms with Crippen LogP contribution in [0.5, 0.6) is 5.75 Å². The fourth-order valence-corrected chi connectivity index (χ4v) is 2.56. The van der Waals surface area contributed by atoms with Crippen molar-refractivity contribution in [2.45, 2.75) is 0 Å². The maximum atomic E-state index is 14.3. The van der Waals surface area contributed by atoms with Crippen molar-refractivity contribution in [1.29, 1.82) is 0 Å². The smallest absolute Gasteiger partial charge is 0.260 e. The molecule has 0 aliphatic heterocycles. The van der Waals surface area contributed by atoms with Crippen molar-refractivity contribution >= 4 is 22.4 Å². The quantitative estimate of drug-likeness (QED) is 0.781. The number of hydrogen-bond acceptors (Lipinski definition) is 5. The predicted octanol–water partition coefficient (Wildman–Crippen LogP) is 3.74. The second-order valence-electron chi connectivity index (χ2n) is 4.74. The van der Waals surface area contributed by atoms with Crippen LogP contribution in [0.25, 0.3) is 11.1 Å². The topological polar surface area (TPSA) is 64.1 Å². The van der Waals surface area contributed by atoms with Gasteiger partial charge in [-0.3, -0.25) is 10.1 Å². The highest BCUT2D eigenvalue weighted by Crippen LogP contribution is 2.27. The van der Waals surface area contributed by atoms with Gasteiger partial charge in [0.25, 0.3) is 5.91 Å². The van der Waals surface area contributed by atoms with Crippen LogP contribution in [0, 0.1) is 11.6 Å². The third kappa shape index (κ3) is 3.23. The second-order valence-corrected chi connectivity index (χ2v) is 5.57. The molecule has 1 aromatic heterocycles. The first-order chi connectivity index (χ1) is 11.6. The average molecular weight is 347 g/mol. The zero-order valence-electron chi connectivity index (χ0n) is 12.4. The number of methoxy groups -OCH3 is 1. The fraction of sp³-hybridized carbons (Fsp3) is 0.0625. The fourth-order valence-electron chi connectivity index (χ4n) is 2.12. The van der Waals surface area contributed by atoms with E-state index in [2.05, 4.69) is 15.5 Å². The number of benzene rings is 2. The molecule has 3 aromatic rings. The van der Waals surface area contributed by atoms with Crippen LogP contribution in [0.15, 0.2) is 41.9 Å². The zero-order chi connectivity index (χ0) is 17.1. The van der Waals surface area contributed by atoms with Gasteiger partial charge in [-0.2, -0.15) is 0 Å². The first-order valence-electron chi connectivity index (χ1n) is 6.79. The molecule has 3 rings (SSSR count). The molecule has 0 radical (unpaired) electrons. The first-order valence-corrected chi connectivity index (χ1v) is 7.67. The van der Waals surface area contributed by atoms with E-state index in [0.717, 1.165) is 17.4 Å². The van der Waals surface area contributed by atoms with E-state index in [1.165, 1.54) is 36.9 Å².